The highest BCUT2D eigenvalue weighted by Gasteiger charge is 2.31. The fourth-order valence-corrected chi connectivity index (χ4v) is 2.61. The summed E-state index contributed by atoms with van der Waals surface area (Å²) in [5, 5.41) is 3.27. The minimum atomic E-state index is -0.0295. The molecule has 0 bridgehead atoms. The summed E-state index contributed by atoms with van der Waals surface area (Å²) in [4.78, 5) is 16.6. The van der Waals surface area contributed by atoms with E-state index in [9.17, 15) is 4.79 Å². The van der Waals surface area contributed by atoms with Crippen LogP contribution in [0.1, 0.15) is 34.6 Å². The third kappa shape index (κ3) is 3.68. The molecular formula is C13H27N3O. The van der Waals surface area contributed by atoms with E-state index in [2.05, 4.69) is 37.9 Å². The minimum absolute atomic E-state index is 0.0295. The zero-order chi connectivity index (χ0) is 13.1. The lowest BCUT2D eigenvalue weighted by molar-refractivity contribution is -0.139. The standard InChI is InChI=1S/C13H27N3O/c1-6-16(13(3,4)5)11(2)12(17)15-9-7-14-8-10-15/h11,14H,6-10H2,1-5H3. The Labute approximate surface area is 105 Å². The highest BCUT2D eigenvalue weighted by atomic mass is 16.2. The second kappa shape index (κ2) is 5.83. The van der Waals surface area contributed by atoms with E-state index in [1.165, 1.54) is 0 Å². The predicted octanol–water partition coefficient (Wildman–Crippen LogP) is 0.927. The van der Waals surface area contributed by atoms with Gasteiger partial charge >= 0.3 is 0 Å². The molecule has 0 radical (unpaired) electrons. The van der Waals surface area contributed by atoms with E-state index in [-0.39, 0.29) is 17.5 Å². The van der Waals surface area contributed by atoms with Crippen molar-refractivity contribution in [3.05, 3.63) is 0 Å². The zero-order valence-electron chi connectivity index (χ0n) is 11.9. The SMILES string of the molecule is CCN(C(C)C(=O)N1CCNCC1)C(C)(C)C. The fraction of sp³-hybridized carbons (Fsp3) is 0.923. The molecule has 1 N–H and O–H groups in total. The van der Waals surface area contributed by atoms with Gasteiger partial charge in [-0.05, 0) is 34.2 Å². The summed E-state index contributed by atoms with van der Waals surface area (Å²) in [5.74, 6) is 0.267. The Balaban J connectivity index is 2.66. The number of amides is 1. The highest BCUT2D eigenvalue weighted by molar-refractivity contribution is 5.81. The molecule has 0 aromatic heterocycles. The van der Waals surface area contributed by atoms with Gasteiger partial charge in [-0.3, -0.25) is 9.69 Å². The van der Waals surface area contributed by atoms with Crippen molar-refractivity contribution >= 4 is 5.91 Å². The predicted molar refractivity (Wildman–Crippen MR) is 71.0 cm³/mol. The van der Waals surface area contributed by atoms with Gasteiger partial charge in [0.25, 0.3) is 0 Å². The molecule has 0 saturated carbocycles. The molecule has 100 valence electrons. The second-order valence-electron chi connectivity index (χ2n) is 5.71. The van der Waals surface area contributed by atoms with Gasteiger partial charge in [-0.1, -0.05) is 6.92 Å². The van der Waals surface area contributed by atoms with Crippen molar-refractivity contribution in [1.29, 1.82) is 0 Å². The van der Waals surface area contributed by atoms with Crippen LogP contribution in [0.4, 0.5) is 0 Å². The van der Waals surface area contributed by atoms with Crippen molar-refractivity contribution in [3.63, 3.8) is 0 Å². The smallest absolute Gasteiger partial charge is 0.239 e. The Morgan fingerprint density at radius 3 is 2.29 bits per heavy atom. The molecule has 1 atom stereocenters. The van der Waals surface area contributed by atoms with Gasteiger partial charge in [0, 0.05) is 31.7 Å². The molecule has 0 spiro atoms. The van der Waals surface area contributed by atoms with Crippen LogP contribution in [-0.4, -0.2) is 60.0 Å². The first kappa shape index (κ1) is 14.5. The second-order valence-corrected chi connectivity index (χ2v) is 5.71. The summed E-state index contributed by atoms with van der Waals surface area (Å²) in [5.41, 5.74) is 0.0395. The number of nitrogens with zero attached hydrogens (tertiary/aromatic N) is 2. The molecule has 1 unspecified atom stereocenters. The van der Waals surface area contributed by atoms with Crippen LogP contribution in [0.5, 0.6) is 0 Å². The Morgan fingerprint density at radius 1 is 1.35 bits per heavy atom. The number of carbonyl (C=O) groups excluding carboxylic acids is 1. The van der Waals surface area contributed by atoms with Gasteiger partial charge in [-0.2, -0.15) is 0 Å². The average Bonchev–Trinajstić information content (AvgIpc) is 2.28. The van der Waals surface area contributed by atoms with E-state index in [0.29, 0.717) is 0 Å². The molecule has 1 rings (SSSR count). The maximum Gasteiger partial charge on any atom is 0.239 e. The number of piperazine rings is 1. The van der Waals surface area contributed by atoms with Gasteiger partial charge in [0.15, 0.2) is 0 Å². The summed E-state index contributed by atoms with van der Waals surface area (Å²) < 4.78 is 0. The van der Waals surface area contributed by atoms with Crippen LogP contribution in [0, 0.1) is 0 Å². The van der Waals surface area contributed by atoms with Crippen LogP contribution in [0.3, 0.4) is 0 Å². The number of hydrogen-bond donors (Lipinski definition) is 1. The quantitative estimate of drug-likeness (QED) is 0.798. The van der Waals surface area contributed by atoms with E-state index in [1.54, 1.807) is 0 Å². The number of carbonyl (C=O) groups is 1. The zero-order valence-corrected chi connectivity index (χ0v) is 11.9. The topological polar surface area (TPSA) is 35.6 Å². The summed E-state index contributed by atoms with van der Waals surface area (Å²) in [6.07, 6.45) is 0. The normalized spacial score (nSPS) is 19.5. The van der Waals surface area contributed by atoms with Crippen molar-refractivity contribution in [2.45, 2.75) is 46.2 Å². The molecular weight excluding hydrogens is 214 g/mol. The van der Waals surface area contributed by atoms with E-state index in [4.69, 9.17) is 0 Å². The maximum atomic E-state index is 12.4. The van der Waals surface area contributed by atoms with Crippen molar-refractivity contribution in [1.82, 2.24) is 15.1 Å². The lowest BCUT2D eigenvalue weighted by Crippen LogP contribution is -2.56. The summed E-state index contributed by atoms with van der Waals surface area (Å²) in [6, 6.07) is -0.0295. The fourth-order valence-electron chi connectivity index (χ4n) is 2.61. The lowest BCUT2D eigenvalue weighted by Gasteiger charge is -2.41. The molecule has 1 fully saturated rings. The first-order valence-corrected chi connectivity index (χ1v) is 6.64. The Bertz CT molecular complexity index is 254. The lowest BCUT2D eigenvalue weighted by atomic mass is 10.0. The van der Waals surface area contributed by atoms with Gasteiger partial charge in [0.05, 0.1) is 6.04 Å². The Morgan fingerprint density at radius 2 is 1.88 bits per heavy atom. The molecule has 1 amide bonds. The van der Waals surface area contributed by atoms with E-state index >= 15 is 0 Å². The van der Waals surface area contributed by atoms with Gasteiger partial charge in [0.2, 0.25) is 5.91 Å². The van der Waals surface area contributed by atoms with Crippen LogP contribution in [0.15, 0.2) is 0 Å². The van der Waals surface area contributed by atoms with E-state index in [0.717, 1.165) is 32.7 Å². The minimum Gasteiger partial charge on any atom is -0.339 e. The number of hydrogen-bond acceptors (Lipinski definition) is 3. The van der Waals surface area contributed by atoms with Crippen molar-refractivity contribution < 1.29 is 4.79 Å². The molecule has 1 saturated heterocycles. The third-order valence-electron chi connectivity index (χ3n) is 3.46. The Kier molecular flexibility index (Phi) is 4.95. The highest BCUT2D eigenvalue weighted by Crippen LogP contribution is 2.18. The average molecular weight is 241 g/mol. The third-order valence-corrected chi connectivity index (χ3v) is 3.46. The van der Waals surface area contributed by atoms with E-state index < -0.39 is 0 Å². The molecule has 1 aliphatic heterocycles. The number of nitrogens with one attached hydrogen (secondary N) is 1. The molecule has 4 heteroatoms. The van der Waals surface area contributed by atoms with Gasteiger partial charge < -0.3 is 10.2 Å². The van der Waals surface area contributed by atoms with Crippen LogP contribution >= 0.6 is 0 Å². The van der Waals surface area contributed by atoms with Gasteiger partial charge in [-0.15, -0.1) is 0 Å². The molecule has 0 aromatic rings. The Hall–Kier alpha value is -0.610. The van der Waals surface area contributed by atoms with Crippen LogP contribution in [0.2, 0.25) is 0 Å². The van der Waals surface area contributed by atoms with Crippen molar-refractivity contribution in [2.24, 2.45) is 0 Å². The monoisotopic (exact) mass is 241 g/mol. The molecule has 1 aliphatic rings. The molecule has 0 aromatic carbocycles. The van der Waals surface area contributed by atoms with E-state index in [1.807, 2.05) is 11.8 Å². The first-order chi connectivity index (χ1) is 7.88. The van der Waals surface area contributed by atoms with Crippen LogP contribution in [-0.2, 0) is 4.79 Å². The molecule has 1 heterocycles. The number of likely N-dealkylation sites (N-methyl/N-ethyl adjacent to an activating group) is 1. The van der Waals surface area contributed by atoms with Gasteiger partial charge in [-0.25, -0.2) is 0 Å². The largest absolute Gasteiger partial charge is 0.339 e. The van der Waals surface area contributed by atoms with Crippen molar-refractivity contribution in [3.8, 4) is 0 Å². The number of rotatable bonds is 3. The van der Waals surface area contributed by atoms with Crippen LogP contribution < -0.4 is 5.32 Å². The molecule has 4 nitrogen and oxygen atoms in total. The molecule has 0 aliphatic carbocycles. The summed E-state index contributed by atoms with van der Waals surface area (Å²) >= 11 is 0. The van der Waals surface area contributed by atoms with Crippen LogP contribution in [0.25, 0.3) is 0 Å². The van der Waals surface area contributed by atoms with Crippen molar-refractivity contribution in [2.75, 3.05) is 32.7 Å². The maximum absolute atomic E-state index is 12.4. The first-order valence-electron chi connectivity index (χ1n) is 6.64. The summed E-state index contributed by atoms with van der Waals surface area (Å²) in [7, 11) is 0. The summed E-state index contributed by atoms with van der Waals surface area (Å²) in [6.45, 7) is 15.1. The molecule has 17 heavy (non-hydrogen) atoms. The van der Waals surface area contributed by atoms with Gasteiger partial charge in [0.1, 0.15) is 0 Å².